The third-order valence-electron chi connectivity index (χ3n) is 1.84. The summed E-state index contributed by atoms with van der Waals surface area (Å²) in [5.74, 6) is 0. The Labute approximate surface area is 96.3 Å². The van der Waals surface area contributed by atoms with Crippen molar-refractivity contribution in [2.75, 3.05) is 6.54 Å². The summed E-state index contributed by atoms with van der Waals surface area (Å²) < 4.78 is 0.837. The van der Waals surface area contributed by atoms with Gasteiger partial charge >= 0.3 is 0 Å². The van der Waals surface area contributed by atoms with Gasteiger partial charge in [0.15, 0.2) is 0 Å². The monoisotopic (exact) mass is 270 g/mol. The van der Waals surface area contributed by atoms with Crippen LogP contribution in [0.1, 0.15) is 5.56 Å². The number of nitro groups is 1. The van der Waals surface area contributed by atoms with Crippen molar-refractivity contribution in [1.82, 2.24) is 5.32 Å². The molecule has 4 nitrogen and oxygen atoms in total. The Balaban J connectivity index is 2.86. The Morgan fingerprint density at radius 3 is 2.93 bits per heavy atom. The van der Waals surface area contributed by atoms with Crippen LogP contribution >= 0.6 is 15.9 Å². The van der Waals surface area contributed by atoms with E-state index in [0.717, 1.165) is 4.47 Å². The molecule has 0 aliphatic carbocycles. The Kier molecular flexibility index (Phi) is 4.45. The van der Waals surface area contributed by atoms with Crippen LogP contribution in [0.2, 0.25) is 0 Å². The maximum Gasteiger partial charge on any atom is 0.273 e. The molecular weight excluding hydrogens is 260 g/mol. The molecule has 0 saturated heterocycles. The number of halogens is 1. The van der Waals surface area contributed by atoms with Gasteiger partial charge in [-0.2, -0.15) is 0 Å². The number of rotatable bonds is 5. The van der Waals surface area contributed by atoms with Gasteiger partial charge in [0.25, 0.3) is 5.69 Å². The molecule has 0 amide bonds. The summed E-state index contributed by atoms with van der Waals surface area (Å²) in [5.41, 5.74) is 0.797. The molecular formula is C10H11BrN2O2. The average Bonchev–Trinajstić information content (AvgIpc) is 2.18. The van der Waals surface area contributed by atoms with Crippen LogP contribution in [0.4, 0.5) is 5.69 Å². The fourth-order valence-corrected chi connectivity index (χ4v) is 1.59. The summed E-state index contributed by atoms with van der Waals surface area (Å²) in [4.78, 5) is 10.3. The van der Waals surface area contributed by atoms with Gasteiger partial charge in [0.05, 0.1) is 4.92 Å². The van der Waals surface area contributed by atoms with Gasteiger partial charge in [-0.05, 0) is 12.1 Å². The second-order valence-corrected chi connectivity index (χ2v) is 3.87. The van der Waals surface area contributed by atoms with Crippen molar-refractivity contribution in [3.05, 3.63) is 51.0 Å². The molecule has 1 aromatic carbocycles. The predicted octanol–water partition coefficient (Wildman–Crippen LogP) is 2.63. The summed E-state index contributed by atoms with van der Waals surface area (Å²) in [6.07, 6.45) is 1.71. The molecule has 0 saturated carbocycles. The van der Waals surface area contributed by atoms with Crippen LogP contribution < -0.4 is 5.32 Å². The van der Waals surface area contributed by atoms with Crippen molar-refractivity contribution in [2.45, 2.75) is 6.54 Å². The fraction of sp³-hybridized carbons (Fsp3) is 0.200. The number of nitrogens with zero attached hydrogens (tertiary/aromatic N) is 1. The number of hydrogen-bond donors (Lipinski definition) is 1. The maximum absolute atomic E-state index is 10.7. The van der Waals surface area contributed by atoms with Gasteiger partial charge in [-0.1, -0.05) is 22.0 Å². The summed E-state index contributed by atoms with van der Waals surface area (Å²) in [6, 6.07) is 4.90. The molecule has 0 heterocycles. The molecule has 0 aliphatic heterocycles. The zero-order chi connectivity index (χ0) is 11.3. The normalized spacial score (nSPS) is 9.93. The lowest BCUT2D eigenvalue weighted by molar-refractivity contribution is -0.385. The van der Waals surface area contributed by atoms with Crippen LogP contribution in [-0.4, -0.2) is 11.5 Å². The molecule has 0 radical (unpaired) electrons. The lowest BCUT2D eigenvalue weighted by Gasteiger charge is -2.04. The van der Waals surface area contributed by atoms with E-state index in [-0.39, 0.29) is 10.6 Å². The fourth-order valence-electron chi connectivity index (χ4n) is 1.18. The number of benzene rings is 1. The Morgan fingerprint density at radius 2 is 2.33 bits per heavy atom. The third-order valence-corrected chi connectivity index (χ3v) is 2.34. The second-order valence-electron chi connectivity index (χ2n) is 2.95. The molecule has 0 bridgehead atoms. The van der Waals surface area contributed by atoms with Crippen LogP contribution in [0.15, 0.2) is 35.3 Å². The zero-order valence-electron chi connectivity index (χ0n) is 8.07. The summed E-state index contributed by atoms with van der Waals surface area (Å²) in [5, 5.41) is 13.7. The highest BCUT2D eigenvalue weighted by Gasteiger charge is 2.12. The summed E-state index contributed by atoms with van der Waals surface area (Å²) >= 11 is 3.28. The van der Waals surface area contributed by atoms with Crippen molar-refractivity contribution in [1.29, 1.82) is 0 Å². The molecule has 1 N–H and O–H groups in total. The first-order valence-corrected chi connectivity index (χ1v) is 5.19. The highest BCUT2D eigenvalue weighted by atomic mass is 79.9. The van der Waals surface area contributed by atoms with Gasteiger partial charge in [-0.25, -0.2) is 0 Å². The molecule has 1 aromatic rings. The third kappa shape index (κ3) is 3.45. The molecule has 1 rings (SSSR count). The molecule has 5 heteroatoms. The van der Waals surface area contributed by atoms with Crippen molar-refractivity contribution in [3.63, 3.8) is 0 Å². The SMILES string of the molecule is C=CCNCc1cc(Br)ccc1[N+](=O)[O-]. The molecule has 15 heavy (non-hydrogen) atoms. The standard InChI is InChI=1S/C10H11BrN2O2/c1-2-5-12-7-8-6-9(11)3-4-10(8)13(14)15/h2-4,6,12H,1,5,7H2. The quantitative estimate of drug-likeness (QED) is 0.387. The topological polar surface area (TPSA) is 55.2 Å². The molecule has 80 valence electrons. The van der Waals surface area contributed by atoms with E-state index in [9.17, 15) is 10.1 Å². The predicted molar refractivity (Wildman–Crippen MR) is 62.7 cm³/mol. The molecule has 0 atom stereocenters. The minimum absolute atomic E-state index is 0.134. The molecule has 0 aromatic heterocycles. The molecule has 0 fully saturated rings. The van der Waals surface area contributed by atoms with Crippen LogP contribution in [0.3, 0.4) is 0 Å². The van der Waals surface area contributed by atoms with E-state index in [4.69, 9.17) is 0 Å². The van der Waals surface area contributed by atoms with E-state index in [1.165, 1.54) is 6.07 Å². The minimum Gasteiger partial charge on any atom is -0.309 e. The lowest BCUT2D eigenvalue weighted by atomic mass is 10.2. The minimum atomic E-state index is -0.378. The van der Waals surface area contributed by atoms with Crippen molar-refractivity contribution >= 4 is 21.6 Å². The van der Waals surface area contributed by atoms with Gasteiger partial charge in [0.1, 0.15) is 0 Å². The van der Waals surface area contributed by atoms with E-state index in [0.29, 0.717) is 18.7 Å². The van der Waals surface area contributed by atoms with Crippen molar-refractivity contribution in [3.8, 4) is 0 Å². The lowest BCUT2D eigenvalue weighted by Crippen LogP contribution is -2.13. The molecule has 0 spiro atoms. The Hall–Kier alpha value is -1.20. The highest BCUT2D eigenvalue weighted by molar-refractivity contribution is 9.10. The zero-order valence-corrected chi connectivity index (χ0v) is 9.66. The molecule has 0 aliphatic rings. The van der Waals surface area contributed by atoms with Gasteiger partial charge in [0.2, 0.25) is 0 Å². The van der Waals surface area contributed by atoms with Crippen LogP contribution in [0.25, 0.3) is 0 Å². The van der Waals surface area contributed by atoms with Crippen LogP contribution in [0, 0.1) is 10.1 Å². The average molecular weight is 271 g/mol. The van der Waals surface area contributed by atoms with E-state index in [1.54, 1.807) is 18.2 Å². The summed E-state index contributed by atoms with van der Waals surface area (Å²) in [7, 11) is 0. The Morgan fingerprint density at radius 1 is 1.60 bits per heavy atom. The van der Waals surface area contributed by atoms with Gasteiger partial charge in [-0.15, -0.1) is 6.58 Å². The number of hydrogen-bond acceptors (Lipinski definition) is 3. The molecule has 0 unspecified atom stereocenters. The van der Waals surface area contributed by atoms with E-state index in [1.807, 2.05) is 0 Å². The highest BCUT2D eigenvalue weighted by Crippen LogP contribution is 2.22. The van der Waals surface area contributed by atoms with Crippen LogP contribution in [0.5, 0.6) is 0 Å². The van der Waals surface area contributed by atoms with Crippen molar-refractivity contribution in [2.24, 2.45) is 0 Å². The van der Waals surface area contributed by atoms with Crippen molar-refractivity contribution < 1.29 is 4.92 Å². The summed E-state index contributed by atoms with van der Waals surface area (Å²) in [6.45, 7) is 4.65. The van der Waals surface area contributed by atoms with Crippen LogP contribution in [-0.2, 0) is 6.54 Å². The van der Waals surface area contributed by atoms with E-state index in [2.05, 4.69) is 27.8 Å². The van der Waals surface area contributed by atoms with E-state index < -0.39 is 0 Å². The van der Waals surface area contributed by atoms with E-state index >= 15 is 0 Å². The number of nitrogens with one attached hydrogen (secondary N) is 1. The first-order valence-electron chi connectivity index (χ1n) is 4.39. The van der Waals surface area contributed by atoms with Gasteiger partial charge in [0, 0.05) is 29.2 Å². The van der Waals surface area contributed by atoms with Gasteiger partial charge < -0.3 is 5.32 Å². The Bertz CT molecular complexity index is 380. The smallest absolute Gasteiger partial charge is 0.273 e. The first-order chi connectivity index (χ1) is 7.15. The van der Waals surface area contributed by atoms with Gasteiger partial charge in [-0.3, -0.25) is 10.1 Å². The second kappa shape index (κ2) is 5.63. The number of nitro benzene ring substituents is 1. The largest absolute Gasteiger partial charge is 0.309 e. The maximum atomic E-state index is 10.7. The first kappa shape index (κ1) is 11.9.